The Labute approximate surface area is 168 Å². The number of benzene rings is 2. The number of rotatable bonds is 8. The molecule has 0 bridgehead atoms. The molecule has 0 saturated carbocycles. The van der Waals surface area contributed by atoms with E-state index in [1.807, 2.05) is 25.1 Å². The Bertz CT molecular complexity index is 812. The molecule has 8 heteroatoms. The number of nitrogens with one attached hydrogen (secondary N) is 1. The molecule has 3 N–H and O–H groups in total. The number of carbonyl (C=O) groups excluding carboxylic acids is 3. The minimum atomic E-state index is -0.773. The van der Waals surface area contributed by atoms with Crippen LogP contribution in [0.25, 0.3) is 0 Å². The van der Waals surface area contributed by atoms with Crippen molar-refractivity contribution in [1.82, 2.24) is 5.32 Å². The van der Waals surface area contributed by atoms with Crippen LogP contribution in [0, 0.1) is 0 Å². The Morgan fingerprint density at radius 1 is 1.11 bits per heavy atom. The number of carbonyl (C=O) groups is 3. The lowest BCUT2D eigenvalue weighted by atomic mass is 10.0. The zero-order chi connectivity index (χ0) is 20.5. The van der Waals surface area contributed by atoms with Crippen LogP contribution in [0.15, 0.2) is 54.6 Å². The Kier molecular flexibility index (Phi) is 7.83. The highest BCUT2D eigenvalue weighted by Crippen LogP contribution is 2.20. The standard InChI is InChI=1S/C20H22ClN3O4/c1-2-24(16-6-4-3-5-7-16)18(25)13-28-19(26)12-17(23-20(22)27)14-8-10-15(21)11-9-14/h3-11,17H,2,12-13H2,1H3,(H3,22,23,27)/t17-/m1/s1. The number of ether oxygens (including phenoxy) is 1. The quantitative estimate of drug-likeness (QED) is 0.661. The average molecular weight is 404 g/mol. The van der Waals surface area contributed by atoms with Crippen LogP contribution in [-0.2, 0) is 14.3 Å². The first kappa shape index (κ1) is 21.2. The van der Waals surface area contributed by atoms with Crippen LogP contribution < -0.4 is 16.0 Å². The van der Waals surface area contributed by atoms with E-state index in [2.05, 4.69) is 5.32 Å². The number of nitrogens with zero attached hydrogens (tertiary/aromatic N) is 1. The lowest BCUT2D eigenvalue weighted by Crippen LogP contribution is -2.36. The molecular formula is C20H22ClN3O4. The monoisotopic (exact) mass is 403 g/mol. The van der Waals surface area contributed by atoms with Gasteiger partial charge in [-0.25, -0.2) is 4.79 Å². The minimum absolute atomic E-state index is 0.171. The molecule has 2 aromatic rings. The summed E-state index contributed by atoms with van der Waals surface area (Å²) in [6.45, 7) is 1.88. The van der Waals surface area contributed by atoms with Crippen LogP contribution in [0.2, 0.25) is 5.02 Å². The summed E-state index contributed by atoms with van der Waals surface area (Å²) in [5, 5.41) is 3.02. The van der Waals surface area contributed by atoms with Gasteiger partial charge in [-0.1, -0.05) is 41.9 Å². The van der Waals surface area contributed by atoms with E-state index in [9.17, 15) is 14.4 Å². The van der Waals surface area contributed by atoms with Crippen LogP contribution in [-0.4, -0.2) is 31.1 Å². The van der Waals surface area contributed by atoms with Crippen molar-refractivity contribution in [2.45, 2.75) is 19.4 Å². The minimum Gasteiger partial charge on any atom is -0.455 e. The molecule has 0 aliphatic carbocycles. The predicted molar refractivity (Wildman–Crippen MR) is 107 cm³/mol. The van der Waals surface area contributed by atoms with Crippen LogP contribution in [0.5, 0.6) is 0 Å². The zero-order valence-electron chi connectivity index (χ0n) is 15.4. The van der Waals surface area contributed by atoms with Gasteiger partial charge in [0.25, 0.3) is 5.91 Å². The number of amides is 3. The zero-order valence-corrected chi connectivity index (χ0v) is 16.2. The van der Waals surface area contributed by atoms with Gasteiger partial charge in [0.15, 0.2) is 6.61 Å². The second-order valence-corrected chi connectivity index (χ2v) is 6.39. The Hall–Kier alpha value is -3.06. The van der Waals surface area contributed by atoms with Crippen LogP contribution in [0.3, 0.4) is 0 Å². The summed E-state index contributed by atoms with van der Waals surface area (Å²) in [4.78, 5) is 37.4. The first-order valence-electron chi connectivity index (χ1n) is 8.73. The molecule has 0 heterocycles. The van der Waals surface area contributed by atoms with Gasteiger partial charge in [0.2, 0.25) is 0 Å². The highest BCUT2D eigenvalue weighted by Gasteiger charge is 2.21. The van der Waals surface area contributed by atoms with E-state index in [0.29, 0.717) is 17.1 Å². The summed E-state index contributed by atoms with van der Waals surface area (Å²) in [7, 11) is 0. The normalized spacial score (nSPS) is 11.4. The van der Waals surface area contributed by atoms with Crippen LogP contribution in [0.1, 0.15) is 24.9 Å². The molecular weight excluding hydrogens is 382 g/mol. The molecule has 0 aromatic heterocycles. The van der Waals surface area contributed by atoms with Crippen molar-refractivity contribution in [2.75, 3.05) is 18.1 Å². The van der Waals surface area contributed by atoms with Crippen molar-refractivity contribution in [3.8, 4) is 0 Å². The molecule has 0 unspecified atom stereocenters. The smallest absolute Gasteiger partial charge is 0.312 e. The lowest BCUT2D eigenvalue weighted by Gasteiger charge is -2.21. The second kappa shape index (κ2) is 10.3. The molecule has 28 heavy (non-hydrogen) atoms. The van der Waals surface area contributed by atoms with Gasteiger partial charge in [0.1, 0.15) is 0 Å². The molecule has 7 nitrogen and oxygen atoms in total. The topological polar surface area (TPSA) is 102 Å². The maximum Gasteiger partial charge on any atom is 0.312 e. The number of nitrogens with two attached hydrogens (primary N) is 1. The highest BCUT2D eigenvalue weighted by molar-refractivity contribution is 6.30. The van der Waals surface area contributed by atoms with Gasteiger partial charge in [-0.05, 0) is 36.8 Å². The maximum absolute atomic E-state index is 12.4. The fraction of sp³-hybridized carbons (Fsp3) is 0.250. The summed E-state index contributed by atoms with van der Waals surface area (Å²) < 4.78 is 5.12. The van der Waals surface area contributed by atoms with E-state index in [1.54, 1.807) is 36.4 Å². The molecule has 0 spiro atoms. The van der Waals surface area contributed by atoms with Crippen molar-refractivity contribution in [1.29, 1.82) is 0 Å². The molecule has 0 saturated heterocycles. The van der Waals surface area contributed by atoms with Crippen molar-refractivity contribution in [3.05, 3.63) is 65.2 Å². The van der Waals surface area contributed by atoms with E-state index in [4.69, 9.17) is 22.1 Å². The molecule has 3 amide bonds. The number of halogens is 1. The number of para-hydroxylation sites is 1. The van der Waals surface area contributed by atoms with Crippen molar-refractivity contribution < 1.29 is 19.1 Å². The fourth-order valence-electron chi connectivity index (χ4n) is 2.68. The third-order valence-corrected chi connectivity index (χ3v) is 4.25. The molecule has 1 atom stereocenters. The van der Waals surface area contributed by atoms with Crippen molar-refractivity contribution in [2.24, 2.45) is 5.73 Å². The van der Waals surface area contributed by atoms with E-state index < -0.39 is 24.6 Å². The summed E-state index contributed by atoms with van der Waals surface area (Å²) in [6, 6.07) is 14.3. The molecule has 2 aromatic carbocycles. The number of esters is 1. The number of hydrogen-bond acceptors (Lipinski definition) is 4. The SMILES string of the molecule is CCN(C(=O)COC(=O)C[C@@H](NC(N)=O)c1ccc(Cl)cc1)c1ccccc1. The van der Waals surface area contributed by atoms with Crippen LogP contribution in [0.4, 0.5) is 10.5 Å². The van der Waals surface area contributed by atoms with E-state index in [0.717, 1.165) is 5.69 Å². The van der Waals surface area contributed by atoms with Gasteiger partial charge < -0.3 is 20.7 Å². The Balaban J connectivity index is 1.97. The second-order valence-electron chi connectivity index (χ2n) is 5.95. The summed E-state index contributed by atoms with van der Waals surface area (Å²) >= 11 is 5.86. The van der Waals surface area contributed by atoms with Crippen LogP contribution >= 0.6 is 11.6 Å². The van der Waals surface area contributed by atoms with Gasteiger partial charge in [-0.2, -0.15) is 0 Å². The van der Waals surface area contributed by atoms with Gasteiger partial charge in [-0.15, -0.1) is 0 Å². The third-order valence-electron chi connectivity index (χ3n) is 4.00. The summed E-state index contributed by atoms with van der Waals surface area (Å²) in [5.74, 6) is -0.973. The highest BCUT2D eigenvalue weighted by atomic mass is 35.5. The van der Waals surface area contributed by atoms with Gasteiger partial charge in [0.05, 0.1) is 12.5 Å². The molecule has 0 radical (unpaired) electrons. The summed E-state index contributed by atoms with van der Waals surface area (Å²) in [6.07, 6.45) is -0.171. The van der Waals surface area contributed by atoms with Crippen molar-refractivity contribution >= 4 is 35.2 Å². The summed E-state index contributed by atoms with van der Waals surface area (Å²) in [5.41, 5.74) is 6.56. The Morgan fingerprint density at radius 2 is 1.75 bits per heavy atom. The largest absolute Gasteiger partial charge is 0.455 e. The number of urea groups is 1. The number of likely N-dealkylation sites (N-methyl/N-ethyl adjacent to an activating group) is 1. The molecule has 0 fully saturated rings. The fourth-order valence-corrected chi connectivity index (χ4v) is 2.80. The van der Waals surface area contributed by atoms with E-state index >= 15 is 0 Å². The predicted octanol–water partition coefficient (Wildman–Crippen LogP) is 3.04. The van der Waals surface area contributed by atoms with Gasteiger partial charge >= 0.3 is 12.0 Å². The maximum atomic E-state index is 12.4. The third kappa shape index (κ3) is 6.28. The number of anilines is 1. The first-order chi connectivity index (χ1) is 13.4. The number of primary amides is 1. The van der Waals surface area contributed by atoms with E-state index in [1.165, 1.54) is 4.90 Å². The lowest BCUT2D eigenvalue weighted by molar-refractivity contribution is -0.148. The molecule has 2 rings (SSSR count). The number of hydrogen-bond donors (Lipinski definition) is 2. The van der Waals surface area contributed by atoms with Gasteiger partial charge in [0, 0.05) is 17.3 Å². The van der Waals surface area contributed by atoms with Crippen molar-refractivity contribution in [3.63, 3.8) is 0 Å². The molecule has 0 aliphatic heterocycles. The Morgan fingerprint density at radius 3 is 2.32 bits per heavy atom. The van der Waals surface area contributed by atoms with Gasteiger partial charge in [-0.3, -0.25) is 9.59 Å². The molecule has 0 aliphatic rings. The first-order valence-corrected chi connectivity index (χ1v) is 9.11. The van der Waals surface area contributed by atoms with E-state index in [-0.39, 0.29) is 12.3 Å². The molecule has 148 valence electrons. The average Bonchev–Trinajstić information content (AvgIpc) is 2.67.